The Bertz CT molecular complexity index is 3420. The average molecular weight is 807 g/mol. The van der Waals surface area contributed by atoms with Crippen LogP contribution in [0.1, 0.15) is 22.3 Å². The van der Waals surface area contributed by atoms with Crippen LogP contribution >= 0.6 is 11.3 Å². The fraction of sp³-hybridized carbons (Fsp3) is 0.0169. The van der Waals surface area contributed by atoms with Crippen molar-refractivity contribution in [2.45, 2.75) is 5.41 Å². The molecule has 0 unspecified atom stereocenters. The van der Waals surface area contributed by atoms with Gasteiger partial charge in [-0.15, -0.1) is 11.3 Å². The molecule has 2 nitrogen and oxygen atoms in total. The number of fused-ring (bicyclic) bond motifs is 6. The van der Waals surface area contributed by atoms with Crippen LogP contribution in [0.3, 0.4) is 0 Å². The van der Waals surface area contributed by atoms with Crippen LogP contribution in [0.25, 0.3) is 87.5 Å². The highest BCUT2D eigenvalue weighted by Gasteiger charge is 2.46. The molecule has 0 spiro atoms. The van der Waals surface area contributed by atoms with Crippen LogP contribution in [-0.4, -0.2) is 9.97 Å². The summed E-state index contributed by atoms with van der Waals surface area (Å²) in [6.45, 7) is 0. The highest BCUT2D eigenvalue weighted by molar-refractivity contribution is 7.25. The molecule has 290 valence electrons. The normalized spacial score (nSPS) is 12.6. The SMILES string of the molecule is c1ccc(-c2nc(-c3ccc4c(c3)-c3ccccc3C4(c3ccccc3)c3ccccc3)cc(-c3ccccc3-c3cccc(-c4ccc5sc6ccccc6c5c4)c3)n2)cc1. The summed E-state index contributed by atoms with van der Waals surface area (Å²) in [5, 5.41) is 2.61. The molecule has 0 saturated heterocycles. The number of hydrogen-bond donors (Lipinski definition) is 0. The molecule has 2 aromatic heterocycles. The maximum Gasteiger partial charge on any atom is 0.160 e. The van der Waals surface area contributed by atoms with Crippen LogP contribution in [0, 0.1) is 0 Å². The van der Waals surface area contributed by atoms with Crippen LogP contribution in [-0.2, 0) is 5.41 Å². The zero-order valence-electron chi connectivity index (χ0n) is 33.7. The highest BCUT2D eigenvalue weighted by atomic mass is 32.1. The van der Waals surface area contributed by atoms with E-state index in [0.29, 0.717) is 5.82 Å². The smallest absolute Gasteiger partial charge is 0.160 e. The molecular weight excluding hydrogens is 769 g/mol. The number of hydrogen-bond acceptors (Lipinski definition) is 3. The number of thiophene rings is 1. The topological polar surface area (TPSA) is 25.8 Å². The van der Waals surface area contributed by atoms with Gasteiger partial charge in [-0.3, -0.25) is 0 Å². The van der Waals surface area contributed by atoms with Gasteiger partial charge in [0.25, 0.3) is 0 Å². The Hall–Kier alpha value is -7.72. The Morgan fingerprint density at radius 1 is 0.306 bits per heavy atom. The monoisotopic (exact) mass is 806 g/mol. The lowest BCUT2D eigenvalue weighted by atomic mass is 9.67. The van der Waals surface area contributed by atoms with Crippen molar-refractivity contribution in [1.82, 2.24) is 9.97 Å². The van der Waals surface area contributed by atoms with Gasteiger partial charge in [-0.25, -0.2) is 9.97 Å². The van der Waals surface area contributed by atoms with E-state index in [-0.39, 0.29) is 0 Å². The van der Waals surface area contributed by atoms with E-state index in [2.05, 4.69) is 224 Å². The summed E-state index contributed by atoms with van der Waals surface area (Å²) in [5.74, 6) is 0.696. The Morgan fingerprint density at radius 2 is 0.871 bits per heavy atom. The van der Waals surface area contributed by atoms with E-state index in [9.17, 15) is 0 Å². The van der Waals surface area contributed by atoms with Gasteiger partial charge >= 0.3 is 0 Å². The Morgan fingerprint density at radius 3 is 1.66 bits per heavy atom. The van der Waals surface area contributed by atoms with E-state index < -0.39 is 5.41 Å². The van der Waals surface area contributed by atoms with Gasteiger partial charge in [0.2, 0.25) is 0 Å². The number of nitrogens with zero attached hydrogens (tertiary/aromatic N) is 2. The van der Waals surface area contributed by atoms with Crippen molar-refractivity contribution < 1.29 is 0 Å². The van der Waals surface area contributed by atoms with E-state index >= 15 is 0 Å². The van der Waals surface area contributed by atoms with Crippen LogP contribution < -0.4 is 0 Å². The molecule has 0 N–H and O–H groups in total. The molecule has 3 heteroatoms. The van der Waals surface area contributed by atoms with Gasteiger partial charge < -0.3 is 0 Å². The predicted octanol–water partition coefficient (Wildman–Crippen LogP) is 15.5. The van der Waals surface area contributed by atoms with Gasteiger partial charge in [0, 0.05) is 36.9 Å². The summed E-state index contributed by atoms with van der Waals surface area (Å²) in [6, 6.07) is 83.4. The Kier molecular flexibility index (Phi) is 8.62. The fourth-order valence-corrected chi connectivity index (χ4v) is 10.9. The Balaban J connectivity index is 1.01. The van der Waals surface area contributed by atoms with Crippen LogP contribution in [0.15, 0.2) is 231 Å². The molecule has 1 aliphatic rings. The second-order valence-corrected chi connectivity index (χ2v) is 17.1. The minimum atomic E-state index is -0.463. The molecule has 0 bridgehead atoms. The van der Waals surface area contributed by atoms with Gasteiger partial charge in [0.05, 0.1) is 16.8 Å². The maximum absolute atomic E-state index is 5.32. The van der Waals surface area contributed by atoms with Crippen molar-refractivity contribution >= 4 is 31.5 Å². The first-order valence-corrected chi connectivity index (χ1v) is 22.0. The van der Waals surface area contributed by atoms with E-state index in [1.807, 2.05) is 17.4 Å². The van der Waals surface area contributed by atoms with E-state index in [0.717, 1.165) is 39.2 Å². The molecule has 62 heavy (non-hydrogen) atoms. The number of benzene rings is 9. The van der Waals surface area contributed by atoms with Crippen molar-refractivity contribution in [3.05, 3.63) is 253 Å². The molecule has 0 radical (unpaired) electrons. The van der Waals surface area contributed by atoms with E-state index in [1.165, 1.54) is 64.7 Å². The zero-order valence-corrected chi connectivity index (χ0v) is 34.6. The minimum absolute atomic E-state index is 0.463. The lowest BCUT2D eigenvalue weighted by Crippen LogP contribution is -2.28. The van der Waals surface area contributed by atoms with Crippen LogP contribution in [0.2, 0.25) is 0 Å². The van der Waals surface area contributed by atoms with Gasteiger partial charge in [0.15, 0.2) is 5.82 Å². The molecule has 9 aromatic carbocycles. The van der Waals surface area contributed by atoms with Gasteiger partial charge in [0.1, 0.15) is 0 Å². The third kappa shape index (κ3) is 5.85. The standard InChI is InChI=1S/C59H38N2S/c1-4-17-39(18-5-1)58-60-54(43-31-33-53-50(37-43)47-26-12-14-29-52(47)59(53,44-21-6-2-7-22-44)45-23-8-3-9-24-45)38-55(61-58)48-27-11-10-25-46(48)42-20-16-19-40(35-42)41-32-34-57-51(36-41)49-28-13-15-30-56(49)62-57/h1-38H. The fourth-order valence-electron chi connectivity index (χ4n) is 9.79. The van der Waals surface area contributed by atoms with Gasteiger partial charge in [-0.05, 0) is 92.0 Å². The highest BCUT2D eigenvalue weighted by Crippen LogP contribution is 2.56. The van der Waals surface area contributed by atoms with Crippen molar-refractivity contribution in [2.24, 2.45) is 0 Å². The minimum Gasteiger partial charge on any atom is -0.228 e. The summed E-state index contributed by atoms with van der Waals surface area (Å²) < 4.78 is 2.63. The predicted molar refractivity (Wildman–Crippen MR) is 259 cm³/mol. The third-order valence-corrected chi connectivity index (χ3v) is 13.8. The van der Waals surface area contributed by atoms with Gasteiger partial charge in [-0.2, -0.15) is 0 Å². The molecule has 0 fully saturated rings. The van der Waals surface area contributed by atoms with Gasteiger partial charge in [-0.1, -0.05) is 194 Å². The maximum atomic E-state index is 5.32. The molecule has 2 heterocycles. The van der Waals surface area contributed by atoms with Crippen LogP contribution in [0.5, 0.6) is 0 Å². The van der Waals surface area contributed by atoms with Crippen molar-refractivity contribution in [1.29, 1.82) is 0 Å². The molecule has 0 saturated carbocycles. The average Bonchev–Trinajstić information content (AvgIpc) is 3.88. The number of aromatic nitrogens is 2. The largest absolute Gasteiger partial charge is 0.228 e. The summed E-state index contributed by atoms with van der Waals surface area (Å²) in [6.07, 6.45) is 0. The zero-order chi connectivity index (χ0) is 41.0. The van der Waals surface area contributed by atoms with Crippen molar-refractivity contribution in [3.8, 4) is 67.3 Å². The quantitative estimate of drug-likeness (QED) is 0.160. The molecular formula is C59H38N2S. The van der Waals surface area contributed by atoms with E-state index in [1.54, 1.807) is 0 Å². The molecule has 1 aliphatic carbocycles. The summed E-state index contributed by atoms with van der Waals surface area (Å²) >= 11 is 1.85. The molecule has 0 atom stereocenters. The first-order chi connectivity index (χ1) is 30.7. The summed E-state index contributed by atoms with van der Waals surface area (Å²) in [7, 11) is 0. The molecule has 0 amide bonds. The molecule has 0 aliphatic heterocycles. The second-order valence-electron chi connectivity index (χ2n) is 16.1. The third-order valence-electron chi connectivity index (χ3n) is 12.6. The van der Waals surface area contributed by atoms with E-state index in [4.69, 9.17) is 9.97 Å². The molecule has 11 aromatic rings. The van der Waals surface area contributed by atoms with Crippen molar-refractivity contribution in [2.75, 3.05) is 0 Å². The first-order valence-electron chi connectivity index (χ1n) is 21.1. The summed E-state index contributed by atoms with van der Waals surface area (Å²) in [5.41, 5.74) is 16.6. The lowest BCUT2D eigenvalue weighted by molar-refractivity contribution is 0.768. The lowest BCUT2D eigenvalue weighted by Gasteiger charge is -2.33. The second kappa shape index (κ2) is 14.8. The number of rotatable bonds is 7. The first kappa shape index (κ1) is 36.2. The Labute approximate surface area is 365 Å². The van der Waals surface area contributed by atoms with Crippen LogP contribution in [0.4, 0.5) is 0 Å². The van der Waals surface area contributed by atoms with Crippen molar-refractivity contribution in [3.63, 3.8) is 0 Å². The molecule has 12 rings (SSSR count). The summed E-state index contributed by atoms with van der Waals surface area (Å²) in [4.78, 5) is 10.6.